The number of hydrogen-bond acceptors (Lipinski definition) is 2. The molecule has 0 aliphatic carbocycles. The first-order chi connectivity index (χ1) is 12.6. The monoisotopic (exact) mass is 349 g/mol. The second-order valence-corrected chi connectivity index (χ2v) is 7.00. The van der Waals surface area contributed by atoms with Crippen molar-refractivity contribution in [1.82, 2.24) is 10.2 Å². The van der Waals surface area contributed by atoms with Crippen LogP contribution >= 0.6 is 0 Å². The number of rotatable bonds is 3. The van der Waals surface area contributed by atoms with Crippen molar-refractivity contribution in [3.63, 3.8) is 0 Å². The molecule has 5 heteroatoms. The van der Waals surface area contributed by atoms with Crippen molar-refractivity contribution in [2.45, 2.75) is 25.8 Å². The van der Waals surface area contributed by atoms with E-state index in [9.17, 15) is 9.59 Å². The Kier molecular flexibility index (Phi) is 4.37. The average Bonchev–Trinajstić information content (AvgIpc) is 3.31. The lowest BCUT2D eigenvalue weighted by molar-refractivity contribution is 0.0735. The number of urea groups is 1. The quantitative estimate of drug-likeness (QED) is 0.922. The zero-order valence-electron chi connectivity index (χ0n) is 14.9. The SMILES string of the molecule is Cc1ccc(C2CCCN2C(=O)c2ccc(N3CCNC3=O)cc2)cc1. The minimum Gasteiger partial charge on any atom is -0.336 e. The number of carbonyl (C=O) groups excluding carboxylic acids is 2. The maximum absolute atomic E-state index is 13.0. The molecule has 2 aromatic carbocycles. The number of benzene rings is 2. The van der Waals surface area contributed by atoms with Crippen LogP contribution in [0.15, 0.2) is 48.5 Å². The molecule has 3 amide bonds. The van der Waals surface area contributed by atoms with Crippen molar-refractivity contribution in [1.29, 1.82) is 0 Å². The van der Waals surface area contributed by atoms with E-state index in [1.807, 2.05) is 29.2 Å². The Morgan fingerprint density at radius 2 is 1.77 bits per heavy atom. The third-order valence-corrected chi connectivity index (χ3v) is 5.26. The van der Waals surface area contributed by atoms with E-state index in [1.165, 1.54) is 11.1 Å². The van der Waals surface area contributed by atoms with Crippen molar-refractivity contribution < 1.29 is 9.59 Å². The van der Waals surface area contributed by atoms with Gasteiger partial charge in [0.1, 0.15) is 0 Å². The van der Waals surface area contributed by atoms with Gasteiger partial charge in [0.05, 0.1) is 6.04 Å². The van der Waals surface area contributed by atoms with Crippen molar-refractivity contribution in [2.24, 2.45) is 0 Å². The minimum atomic E-state index is -0.0805. The average molecular weight is 349 g/mol. The predicted molar refractivity (Wildman–Crippen MR) is 101 cm³/mol. The Labute approximate surface area is 153 Å². The number of hydrogen-bond donors (Lipinski definition) is 1. The maximum atomic E-state index is 13.0. The standard InChI is InChI=1S/C21H23N3O2/c1-15-4-6-16(7-5-15)19-3-2-13-24(19)20(25)17-8-10-18(11-9-17)23-14-12-22-21(23)26/h4-11,19H,2-3,12-14H2,1H3,(H,22,26). The molecule has 4 rings (SSSR count). The molecule has 2 saturated heterocycles. The van der Waals surface area contributed by atoms with Crippen LogP contribution < -0.4 is 10.2 Å². The van der Waals surface area contributed by atoms with E-state index in [-0.39, 0.29) is 18.0 Å². The predicted octanol–water partition coefficient (Wildman–Crippen LogP) is 3.50. The van der Waals surface area contributed by atoms with Crippen LogP contribution in [0.3, 0.4) is 0 Å². The van der Waals surface area contributed by atoms with Crippen LogP contribution in [0.2, 0.25) is 0 Å². The molecular formula is C21H23N3O2. The second-order valence-electron chi connectivity index (χ2n) is 7.00. The Morgan fingerprint density at radius 3 is 2.42 bits per heavy atom. The zero-order chi connectivity index (χ0) is 18.1. The van der Waals surface area contributed by atoms with E-state index < -0.39 is 0 Å². The smallest absolute Gasteiger partial charge is 0.321 e. The number of amides is 3. The molecule has 2 aromatic rings. The Hall–Kier alpha value is -2.82. The molecular weight excluding hydrogens is 326 g/mol. The van der Waals surface area contributed by atoms with E-state index in [0.29, 0.717) is 18.7 Å². The lowest BCUT2D eigenvalue weighted by Gasteiger charge is -2.25. The summed E-state index contributed by atoms with van der Waals surface area (Å²) in [6.07, 6.45) is 2.02. The maximum Gasteiger partial charge on any atom is 0.321 e. The number of nitrogens with one attached hydrogen (secondary N) is 1. The van der Waals surface area contributed by atoms with E-state index >= 15 is 0 Å². The second kappa shape index (κ2) is 6.83. The molecule has 2 heterocycles. The number of aryl methyl sites for hydroxylation is 1. The topological polar surface area (TPSA) is 52.7 Å². The van der Waals surface area contributed by atoms with Crippen LogP contribution in [0.4, 0.5) is 10.5 Å². The Morgan fingerprint density at radius 1 is 1.04 bits per heavy atom. The van der Waals surface area contributed by atoms with Gasteiger partial charge in [-0.05, 0) is 49.6 Å². The lowest BCUT2D eigenvalue weighted by Crippen LogP contribution is -2.31. The number of carbonyl (C=O) groups is 2. The molecule has 2 aliphatic rings. The largest absolute Gasteiger partial charge is 0.336 e. The Bertz CT molecular complexity index is 814. The first kappa shape index (κ1) is 16.6. The summed E-state index contributed by atoms with van der Waals surface area (Å²) in [5.41, 5.74) is 3.93. The minimum absolute atomic E-state index is 0.0606. The molecule has 0 aromatic heterocycles. The molecule has 0 saturated carbocycles. The fourth-order valence-corrected chi connectivity index (χ4v) is 3.81. The zero-order valence-corrected chi connectivity index (χ0v) is 14.9. The molecule has 0 spiro atoms. The summed E-state index contributed by atoms with van der Waals surface area (Å²) in [5, 5.41) is 2.79. The van der Waals surface area contributed by atoms with Gasteiger partial charge in [-0.25, -0.2) is 4.79 Å². The molecule has 1 atom stereocenters. The molecule has 26 heavy (non-hydrogen) atoms. The van der Waals surface area contributed by atoms with Gasteiger partial charge in [0.15, 0.2) is 0 Å². The van der Waals surface area contributed by atoms with Crippen LogP contribution in [0.1, 0.15) is 40.4 Å². The number of anilines is 1. The highest BCUT2D eigenvalue weighted by molar-refractivity contribution is 5.97. The van der Waals surface area contributed by atoms with Crippen LogP contribution in [0.25, 0.3) is 0 Å². The normalized spacial score (nSPS) is 19.7. The van der Waals surface area contributed by atoms with Gasteiger partial charge in [-0.1, -0.05) is 29.8 Å². The van der Waals surface area contributed by atoms with Gasteiger partial charge in [0.2, 0.25) is 0 Å². The number of nitrogens with zero attached hydrogens (tertiary/aromatic N) is 2. The van der Waals surface area contributed by atoms with Gasteiger partial charge >= 0.3 is 6.03 Å². The van der Waals surface area contributed by atoms with E-state index in [1.54, 1.807) is 4.90 Å². The highest BCUT2D eigenvalue weighted by Crippen LogP contribution is 2.33. The summed E-state index contributed by atoms with van der Waals surface area (Å²) in [6, 6.07) is 15.9. The third-order valence-electron chi connectivity index (χ3n) is 5.26. The van der Waals surface area contributed by atoms with Crippen LogP contribution in [0, 0.1) is 6.92 Å². The van der Waals surface area contributed by atoms with Crippen molar-refractivity contribution in [2.75, 3.05) is 24.5 Å². The highest BCUT2D eigenvalue weighted by atomic mass is 16.2. The summed E-state index contributed by atoms with van der Waals surface area (Å²) in [6.45, 7) is 4.18. The van der Waals surface area contributed by atoms with Gasteiger partial charge in [-0.3, -0.25) is 9.69 Å². The molecule has 0 bridgehead atoms. The molecule has 1 N–H and O–H groups in total. The lowest BCUT2D eigenvalue weighted by atomic mass is 10.0. The first-order valence-corrected chi connectivity index (χ1v) is 9.16. The summed E-state index contributed by atoms with van der Waals surface area (Å²) >= 11 is 0. The van der Waals surface area contributed by atoms with Gasteiger partial charge in [-0.2, -0.15) is 0 Å². The molecule has 5 nitrogen and oxygen atoms in total. The van der Waals surface area contributed by atoms with Crippen LogP contribution in [-0.4, -0.2) is 36.5 Å². The van der Waals surface area contributed by atoms with Gasteiger partial charge < -0.3 is 10.2 Å². The summed E-state index contributed by atoms with van der Waals surface area (Å²) in [5.74, 6) is 0.0606. The van der Waals surface area contributed by atoms with Crippen LogP contribution in [0.5, 0.6) is 0 Å². The molecule has 2 aliphatic heterocycles. The van der Waals surface area contributed by atoms with Gasteiger partial charge in [-0.15, -0.1) is 0 Å². The fourth-order valence-electron chi connectivity index (χ4n) is 3.81. The Balaban J connectivity index is 1.53. The fraction of sp³-hybridized carbons (Fsp3) is 0.333. The molecule has 134 valence electrons. The van der Waals surface area contributed by atoms with Crippen LogP contribution in [-0.2, 0) is 0 Å². The van der Waals surface area contributed by atoms with E-state index in [4.69, 9.17) is 0 Å². The van der Waals surface area contributed by atoms with E-state index in [0.717, 1.165) is 25.1 Å². The van der Waals surface area contributed by atoms with Crippen molar-refractivity contribution in [3.05, 3.63) is 65.2 Å². The summed E-state index contributed by atoms with van der Waals surface area (Å²) in [7, 11) is 0. The number of likely N-dealkylation sites (tertiary alicyclic amines) is 1. The van der Waals surface area contributed by atoms with Crippen molar-refractivity contribution in [3.8, 4) is 0 Å². The highest BCUT2D eigenvalue weighted by Gasteiger charge is 2.30. The summed E-state index contributed by atoms with van der Waals surface area (Å²) < 4.78 is 0. The molecule has 1 unspecified atom stereocenters. The van der Waals surface area contributed by atoms with E-state index in [2.05, 4.69) is 36.5 Å². The van der Waals surface area contributed by atoms with Gasteiger partial charge in [0, 0.05) is 30.9 Å². The van der Waals surface area contributed by atoms with Crippen molar-refractivity contribution >= 4 is 17.6 Å². The first-order valence-electron chi connectivity index (χ1n) is 9.16. The summed E-state index contributed by atoms with van der Waals surface area (Å²) in [4.78, 5) is 28.5. The molecule has 2 fully saturated rings. The molecule has 0 radical (unpaired) electrons. The van der Waals surface area contributed by atoms with Gasteiger partial charge in [0.25, 0.3) is 5.91 Å². The third kappa shape index (κ3) is 3.05.